The van der Waals surface area contributed by atoms with Gasteiger partial charge in [0.05, 0.1) is 0 Å². The summed E-state index contributed by atoms with van der Waals surface area (Å²) in [7, 11) is 1.83. The fourth-order valence-electron chi connectivity index (χ4n) is 1.43. The SMILES string of the molecule is CN1Cc2cc(I)ccc2C1=O. The van der Waals surface area contributed by atoms with E-state index in [4.69, 9.17) is 0 Å². The van der Waals surface area contributed by atoms with Gasteiger partial charge in [-0.05, 0) is 46.4 Å². The molecule has 0 N–H and O–H groups in total. The van der Waals surface area contributed by atoms with Crippen LogP contribution in [0.3, 0.4) is 0 Å². The molecular weight excluding hydrogens is 265 g/mol. The van der Waals surface area contributed by atoms with Gasteiger partial charge in [0.2, 0.25) is 0 Å². The quantitative estimate of drug-likeness (QED) is 0.661. The maximum atomic E-state index is 11.4. The second kappa shape index (κ2) is 2.73. The molecule has 12 heavy (non-hydrogen) atoms. The van der Waals surface area contributed by atoms with Gasteiger partial charge in [0, 0.05) is 22.7 Å². The van der Waals surface area contributed by atoms with Crippen molar-refractivity contribution in [1.82, 2.24) is 4.90 Å². The van der Waals surface area contributed by atoms with E-state index in [0.29, 0.717) is 0 Å². The van der Waals surface area contributed by atoms with Crippen molar-refractivity contribution >= 4 is 28.5 Å². The molecule has 1 amide bonds. The fourth-order valence-corrected chi connectivity index (χ4v) is 1.99. The molecule has 1 heterocycles. The number of nitrogens with zero attached hydrogens (tertiary/aromatic N) is 1. The summed E-state index contributed by atoms with van der Waals surface area (Å²) in [4.78, 5) is 13.2. The highest BCUT2D eigenvalue weighted by Gasteiger charge is 2.23. The van der Waals surface area contributed by atoms with Gasteiger partial charge >= 0.3 is 0 Å². The third-order valence-corrected chi connectivity index (χ3v) is 2.72. The van der Waals surface area contributed by atoms with Gasteiger partial charge in [-0.1, -0.05) is 0 Å². The molecule has 1 aromatic carbocycles. The van der Waals surface area contributed by atoms with Crippen molar-refractivity contribution in [2.75, 3.05) is 7.05 Å². The zero-order chi connectivity index (χ0) is 8.72. The van der Waals surface area contributed by atoms with E-state index >= 15 is 0 Å². The Bertz CT molecular complexity index is 348. The number of hydrogen-bond donors (Lipinski definition) is 0. The summed E-state index contributed by atoms with van der Waals surface area (Å²) >= 11 is 2.26. The predicted molar refractivity (Wildman–Crippen MR) is 55.0 cm³/mol. The Morgan fingerprint density at radius 3 is 3.00 bits per heavy atom. The summed E-state index contributed by atoms with van der Waals surface area (Å²) < 4.78 is 1.19. The van der Waals surface area contributed by atoms with Crippen molar-refractivity contribution in [1.29, 1.82) is 0 Å². The average Bonchev–Trinajstić information content (AvgIpc) is 2.28. The summed E-state index contributed by atoms with van der Waals surface area (Å²) in [5, 5.41) is 0. The van der Waals surface area contributed by atoms with Gasteiger partial charge in [-0.15, -0.1) is 0 Å². The summed E-state index contributed by atoms with van der Waals surface area (Å²) in [5.74, 6) is 0.140. The summed E-state index contributed by atoms with van der Waals surface area (Å²) in [5.41, 5.74) is 2.01. The van der Waals surface area contributed by atoms with Crippen LogP contribution in [0.2, 0.25) is 0 Å². The minimum atomic E-state index is 0.140. The molecule has 0 atom stereocenters. The largest absolute Gasteiger partial charge is 0.337 e. The highest BCUT2D eigenvalue weighted by molar-refractivity contribution is 14.1. The van der Waals surface area contributed by atoms with E-state index < -0.39 is 0 Å². The molecule has 0 fully saturated rings. The van der Waals surface area contributed by atoms with Gasteiger partial charge in [0.15, 0.2) is 0 Å². The Morgan fingerprint density at radius 1 is 1.50 bits per heavy atom. The number of carbonyl (C=O) groups excluding carboxylic acids is 1. The number of carbonyl (C=O) groups is 1. The lowest BCUT2D eigenvalue weighted by molar-refractivity contribution is 0.0816. The lowest BCUT2D eigenvalue weighted by atomic mass is 10.1. The molecule has 0 bridgehead atoms. The highest BCUT2D eigenvalue weighted by Crippen LogP contribution is 2.22. The summed E-state index contributed by atoms with van der Waals surface area (Å²) in [6.45, 7) is 0.755. The molecule has 62 valence electrons. The van der Waals surface area contributed by atoms with Crippen molar-refractivity contribution in [3.63, 3.8) is 0 Å². The molecule has 0 aromatic heterocycles. The van der Waals surface area contributed by atoms with Crippen LogP contribution >= 0.6 is 22.6 Å². The summed E-state index contributed by atoms with van der Waals surface area (Å²) in [6.07, 6.45) is 0. The van der Waals surface area contributed by atoms with Crippen LogP contribution in [0.5, 0.6) is 0 Å². The predicted octanol–water partition coefficient (Wildman–Crippen LogP) is 1.88. The first-order valence-electron chi connectivity index (χ1n) is 3.72. The molecule has 0 saturated heterocycles. The van der Waals surface area contributed by atoms with Gasteiger partial charge in [0.1, 0.15) is 0 Å². The van der Waals surface area contributed by atoms with Crippen LogP contribution in [0.1, 0.15) is 15.9 Å². The first kappa shape index (κ1) is 8.04. The Balaban J connectivity index is 2.54. The van der Waals surface area contributed by atoms with Crippen LogP contribution < -0.4 is 0 Å². The molecule has 0 aliphatic carbocycles. The maximum absolute atomic E-state index is 11.4. The van der Waals surface area contributed by atoms with Crippen molar-refractivity contribution < 1.29 is 4.79 Å². The molecular formula is C9H8INO. The molecule has 0 radical (unpaired) electrons. The van der Waals surface area contributed by atoms with Crippen LogP contribution in [0.25, 0.3) is 0 Å². The Labute approximate surface area is 84.7 Å². The highest BCUT2D eigenvalue weighted by atomic mass is 127. The minimum absolute atomic E-state index is 0.140. The van der Waals surface area contributed by atoms with E-state index in [1.807, 2.05) is 19.2 Å². The number of benzene rings is 1. The molecule has 1 aromatic rings. The normalized spacial score (nSPS) is 15.2. The number of hydrogen-bond acceptors (Lipinski definition) is 1. The van der Waals surface area contributed by atoms with Crippen molar-refractivity contribution in [3.05, 3.63) is 32.9 Å². The Morgan fingerprint density at radius 2 is 2.25 bits per heavy atom. The molecule has 2 nitrogen and oxygen atoms in total. The van der Waals surface area contributed by atoms with Crippen molar-refractivity contribution in [2.24, 2.45) is 0 Å². The third-order valence-electron chi connectivity index (χ3n) is 2.05. The second-order valence-corrected chi connectivity index (χ2v) is 4.21. The Kier molecular flexibility index (Phi) is 1.83. The average molecular weight is 273 g/mol. The van der Waals surface area contributed by atoms with E-state index in [1.54, 1.807) is 4.90 Å². The molecule has 0 unspecified atom stereocenters. The Hall–Kier alpha value is -0.580. The zero-order valence-electron chi connectivity index (χ0n) is 6.67. The van der Waals surface area contributed by atoms with E-state index in [-0.39, 0.29) is 5.91 Å². The first-order valence-corrected chi connectivity index (χ1v) is 4.80. The molecule has 3 heteroatoms. The van der Waals surface area contributed by atoms with Crippen LogP contribution in [0, 0.1) is 3.57 Å². The maximum Gasteiger partial charge on any atom is 0.254 e. The topological polar surface area (TPSA) is 20.3 Å². The van der Waals surface area contributed by atoms with Gasteiger partial charge in [-0.2, -0.15) is 0 Å². The molecule has 1 aliphatic rings. The van der Waals surface area contributed by atoms with E-state index in [1.165, 1.54) is 3.57 Å². The molecule has 0 spiro atoms. The first-order chi connectivity index (χ1) is 5.68. The molecule has 2 rings (SSSR count). The number of amides is 1. The van der Waals surface area contributed by atoms with Crippen molar-refractivity contribution in [2.45, 2.75) is 6.54 Å². The van der Waals surface area contributed by atoms with Crippen LogP contribution in [-0.2, 0) is 6.54 Å². The van der Waals surface area contributed by atoms with Gasteiger partial charge < -0.3 is 4.90 Å². The third kappa shape index (κ3) is 1.12. The molecule has 1 aliphatic heterocycles. The van der Waals surface area contributed by atoms with Gasteiger partial charge in [-0.3, -0.25) is 4.79 Å². The number of fused-ring (bicyclic) bond motifs is 1. The van der Waals surface area contributed by atoms with E-state index in [2.05, 4.69) is 28.7 Å². The monoisotopic (exact) mass is 273 g/mol. The van der Waals surface area contributed by atoms with E-state index in [9.17, 15) is 4.79 Å². The second-order valence-electron chi connectivity index (χ2n) is 2.96. The standard InChI is InChI=1S/C9H8INO/c1-11-5-6-4-7(10)2-3-8(6)9(11)12/h2-4H,5H2,1H3. The van der Waals surface area contributed by atoms with Crippen LogP contribution in [0.15, 0.2) is 18.2 Å². The van der Waals surface area contributed by atoms with E-state index in [0.717, 1.165) is 17.7 Å². The lowest BCUT2D eigenvalue weighted by Crippen LogP contribution is -2.17. The van der Waals surface area contributed by atoms with Crippen LogP contribution in [0.4, 0.5) is 0 Å². The number of halogens is 1. The number of rotatable bonds is 0. The van der Waals surface area contributed by atoms with Crippen molar-refractivity contribution in [3.8, 4) is 0 Å². The zero-order valence-corrected chi connectivity index (χ0v) is 8.83. The smallest absolute Gasteiger partial charge is 0.254 e. The van der Waals surface area contributed by atoms with Gasteiger partial charge in [0.25, 0.3) is 5.91 Å². The summed E-state index contributed by atoms with van der Waals surface area (Å²) in [6, 6.07) is 5.94. The minimum Gasteiger partial charge on any atom is -0.337 e. The fraction of sp³-hybridized carbons (Fsp3) is 0.222. The van der Waals surface area contributed by atoms with Crippen LogP contribution in [-0.4, -0.2) is 17.9 Å². The van der Waals surface area contributed by atoms with Gasteiger partial charge in [-0.25, -0.2) is 0 Å². The lowest BCUT2D eigenvalue weighted by Gasteiger charge is -2.04. The molecule has 0 saturated carbocycles.